The lowest BCUT2D eigenvalue weighted by molar-refractivity contribution is -0.199. The third kappa shape index (κ3) is 4.01. The molecule has 9 heteroatoms. The fourth-order valence-electron chi connectivity index (χ4n) is 5.14. The molecular weight excluding hydrogens is 462 g/mol. The number of nitrogens with zero attached hydrogens (tertiary/aromatic N) is 3. The molecule has 166 valence electrons. The van der Waals surface area contributed by atoms with Gasteiger partial charge in [-0.1, -0.05) is 13.8 Å². The summed E-state index contributed by atoms with van der Waals surface area (Å²) in [4.78, 5) is 28.9. The number of carbonyl (C=O) groups is 1. The first-order valence-electron chi connectivity index (χ1n) is 10.5. The predicted molar refractivity (Wildman–Crippen MR) is 120 cm³/mol. The van der Waals surface area contributed by atoms with Gasteiger partial charge in [-0.2, -0.15) is 5.10 Å². The molecular formula is C22H28BrN5O3. The third-order valence-corrected chi connectivity index (χ3v) is 8.02. The minimum Gasteiger partial charge on any atom is -0.388 e. The number of pyridine rings is 1. The quantitative estimate of drug-likeness (QED) is 0.574. The summed E-state index contributed by atoms with van der Waals surface area (Å²) in [5, 5.41) is 21.5. The number of fused-ring (bicyclic) bond motifs is 2. The van der Waals surface area contributed by atoms with Crippen molar-refractivity contribution in [1.29, 1.82) is 0 Å². The van der Waals surface area contributed by atoms with E-state index >= 15 is 0 Å². The maximum Gasteiger partial charge on any atom is 0.283 e. The van der Waals surface area contributed by atoms with Crippen molar-refractivity contribution in [2.24, 2.45) is 17.3 Å². The highest BCUT2D eigenvalue weighted by Crippen LogP contribution is 2.62. The van der Waals surface area contributed by atoms with Crippen LogP contribution >= 0.6 is 15.9 Å². The average Bonchev–Trinajstić information content (AvgIpc) is 2.73. The van der Waals surface area contributed by atoms with Gasteiger partial charge in [0.05, 0.1) is 23.5 Å². The van der Waals surface area contributed by atoms with Crippen LogP contribution in [0.25, 0.3) is 0 Å². The summed E-state index contributed by atoms with van der Waals surface area (Å²) < 4.78 is 1.43. The van der Waals surface area contributed by atoms with Crippen molar-refractivity contribution < 1.29 is 9.90 Å². The number of halogens is 1. The van der Waals surface area contributed by atoms with Crippen molar-refractivity contribution in [2.75, 3.05) is 5.32 Å². The Bertz CT molecular complexity index is 1040. The van der Waals surface area contributed by atoms with Crippen LogP contribution < -0.4 is 16.2 Å². The standard InChI is InChI=1S/C22H28BrN5O3/c1-21(2)14-8-16(21)22(3,31)17(9-14)27-15-11-26-28(20(30)19(15)23)12-18(29)25-10-13-4-6-24-7-5-13/h4-7,11,14,16-17,27,31H,8-10,12H2,1-3H3,(H,25,29)/t14-,16-,17-,22+/m0/s1. The Hall–Kier alpha value is -2.26. The molecule has 8 nitrogen and oxygen atoms in total. The Morgan fingerprint density at radius 2 is 2.00 bits per heavy atom. The number of aliphatic hydroxyl groups is 1. The van der Waals surface area contributed by atoms with Crippen LogP contribution in [-0.2, 0) is 17.9 Å². The van der Waals surface area contributed by atoms with E-state index in [1.165, 1.54) is 6.20 Å². The van der Waals surface area contributed by atoms with Crippen molar-refractivity contribution in [3.63, 3.8) is 0 Å². The number of amides is 1. The number of carbonyl (C=O) groups excluding carboxylic acids is 1. The maximum atomic E-state index is 12.7. The molecule has 2 bridgehead atoms. The van der Waals surface area contributed by atoms with E-state index in [0.29, 0.717) is 22.6 Å². The van der Waals surface area contributed by atoms with Gasteiger partial charge in [0.1, 0.15) is 11.0 Å². The number of rotatable bonds is 6. The third-order valence-electron chi connectivity index (χ3n) is 7.25. The van der Waals surface area contributed by atoms with Crippen LogP contribution in [0.1, 0.15) is 39.2 Å². The molecule has 3 fully saturated rings. The minimum atomic E-state index is -0.876. The van der Waals surface area contributed by atoms with Gasteiger partial charge in [0.2, 0.25) is 5.91 Å². The summed E-state index contributed by atoms with van der Waals surface area (Å²) in [5.41, 5.74) is 0.307. The predicted octanol–water partition coefficient (Wildman–Crippen LogP) is 2.31. The Morgan fingerprint density at radius 3 is 2.65 bits per heavy atom. The molecule has 2 aromatic rings. The van der Waals surface area contributed by atoms with E-state index in [1.807, 2.05) is 19.1 Å². The summed E-state index contributed by atoms with van der Waals surface area (Å²) in [6, 6.07) is 3.46. The monoisotopic (exact) mass is 489 g/mol. The molecule has 0 spiro atoms. The second kappa shape index (κ2) is 8.02. The zero-order valence-corrected chi connectivity index (χ0v) is 19.5. The number of hydrogen-bond acceptors (Lipinski definition) is 6. The number of aromatic nitrogens is 3. The van der Waals surface area contributed by atoms with Crippen LogP contribution in [-0.4, -0.2) is 37.4 Å². The second-order valence-corrected chi connectivity index (χ2v) is 10.2. The van der Waals surface area contributed by atoms with Gasteiger partial charge in [-0.25, -0.2) is 4.68 Å². The molecule has 2 heterocycles. The van der Waals surface area contributed by atoms with Crippen molar-refractivity contribution in [3.05, 3.63) is 51.1 Å². The smallest absolute Gasteiger partial charge is 0.283 e. The fraction of sp³-hybridized carbons (Fsp3) is 0.545. The van der Waals surface area contributed by atoms with Crippen LogP contribution in [0.4, 0.5) is 5.69 Å². The van der Waals surface area contributed by atoms with E-state index in [4.69, 9.17) is 0 Å². The highest BCUT2D eigenvalue weighted by atomic mass is 79.9. The van der Waals surface area contributed by atoms with E-state index in [1.54, 1.807) is 12.4 Å². The SMILES string of the molecule is CC1(C)[C@@H]2C[C@H](Nc3cnn(CC(=O)NCc4ccncc4)c(=O)c3Br)[C@](C)(O)[C@H]1C2. The first-order valence-corrected chi connectivity index (χ1v) is 11.3. The van der Waals surface area contributed by atoms with Gasteiger partial charge in [0, 0.05) is 18.9 Å². The van der Waals surface area contributed by atoms with Crippen LogP contribution in [0.3, 0.4) is 0 Å². The summed E-state index contributed by atoms with van der Waals surface area (Å²) in [7, 11) is 0. The molecule has 3 saturated carbocycles. The Labute approximate surface area is 189 Å². The molecule has 0 unspecified atom stereocenters. The number of hydrogen-bond donors (Lipinski definition) is 3. The lowest BCUT2D eigenvalue weighted by Gasteiger charge is -2.65. The highest BCUT2D eigenvalue weighted by molar-refractivity contribution is 9.10. The first-order chi connectivity index (χ1) is 14.6. The van der Waals surface area contributed by atoms with E-state index in [-0.39, 0.29) is 29.8 Å². The summed E-state index contributed by atoms with van der Waals surface area (Å²) >= 11 is 3.35. The Balaban J connectivity index is 1.42. The zero-order chi connectivity index (χ0) is 22.4. The van der Waals surface area contributed by atoms with E-state index in [2.05, 4.69) is 50.5 Å². The van der Waals surface area contributed by atoms with Gasteiger partial charge in [-0.15, -0.1) is 0 Å². The molecule has 3 aliphatic rings. The van der Waals surface area contributed by atoms with Gasteiger partial charge in [0.25, 0.3) is 5.56 Å². The van der Waals surface area contributed by atoms with Gasteiger partial charge in [-0.3, -0.25) is 14.6 Å². The highest BCUT2D eigenvalue weighted by Gasteiger charge is 2.62. The van der Waals surface area contributed by atoms with Gasteiger partial charge < -0.3 is 15.7 Å². The topological polar surface area (TPSA) is 109 Å². The van der Waals surface area contributed by atoms with Crippen LogP contribution in [0.5, 0.6) is 0 Å². The molecule has 31 heavy (non-hydrogen) atoms. The summed E-state index contributed by atoms with van der Waals surface area (Å²) in [6.45, 7) is 6.49. The summed E-state index contributed by atoms with van der Waals surface area (Å²) in [6.07, 6.45) is 6.72. The lowest BCUT2D eigenvalue weighted by atomic mass is 9.43. The molecule has 3 aliphatic carbocycles. The molecule has 0 aromatic carbocycles. The van der Waals surface area contributed by atoms with Gasteiger partial charge in [0.15, 0.2) is 0 Å². The normalized spacial score (nSPS) is 28.5. The van der Waals surface area contributed by atoms with Crippen molar-refractivity contribution in [1.82, 2.24) is 20.1 Å². The van der Waals surface area contributed by atoms with Crippen LogP contribution in [0, 0.1) is 17.3 Å². The Morgan fingerprint density at radius 1 is 1.29 bits per heavy atom. The molecule has 0 radical (unpaired) electrons. The first kappa shape index (κ1) is 22.0. The van der Waals surface area contributed by atoms with Crippen LogP contribution in [0.2, 0.25) is 0 Å². The van der Waals surface area contributed by atoms with Crippen molar-refractivity contribution in [3.8, 4) is 0 Å². The lowest BCUT2D eigenvalue weighted by Crippen LogP contribution is -2.68. The molecule has 5 rings (SSSR count). The second-order valence-electron chi connectivity index (χ2n) is 9.43. The maximum absolute atomic E-state index is 12.7. The zero-order valence-electron chi connectivity index (χ0n) is 17.9. The van der Waals surface area contributed by atoms with E-state index < -0.39 is 11.2 Å². The Kier molecular flexibility index (Phi) is 5.68. The molecule has 2 aromatic heterocycles. The summed E-state index contributed by atoms with van der Waals surface area (Å²) in [5.74, 6) is 0.454. The molecule has 0 saturated heterocycles. The van der Waals surface area contributed by atoms with Crippen molar-refractivity contribution in [2.45, 2.75) is 58.3 Å². The molecule has 1 amide bonds. The van der Waals surface area contributed by atoms with Gasteiger partial charge in [-0.05, 0) is 70.6 Å². The van der Waals surface area contributed by atoms with Gasteiger partial charge >= 0.3 is 0 Å². The fourth-order valence-corrected chi connectivity index (χ4v) is 5.56. The molecule has 0 aliphatic heterocycles. The molecule has 3 N–H and O–H groups in total. The average molecular weight is 490 g/mol. The van der Waals surface area contributed by atoms with Crippen molar-refractivity contribution >= 4 is 27.5 Å². The van der Waals surface area contributed by atoms with Crippen LogP contribution in [0.15, 0.2) is 40.0 Å². The molecule has 4 atom stereocenters. The minimum absolute atomic E-state index is 0.129. The van der Waals surface area contributed by atoms with E-state index in [0.717, 1.165) is 23.1 Å². The number of anilines is 1. The largest absolute Gasteiger partial charge is 0.388 e. The number of nitrogens with one attached hydrogen (secondary N) is 2. The van der Waals surface area contributed by atoms with E-state index in [9.17, 15) is 14.7 Å².